The molecule has 0 saturated heterocycles. The second-order valence-corrected chi connectivity index (χ2v) is 8.66. The fourth-order valence-electron chi connectivity index (χ4n) is 3.43. The molecule has 5 nitrogen and oxygen atoms in total. The lowest BCUT2D eigenvalue weighted by molar-refractivity contribution is 0.392. The second kappa shape index (κ2) is 6.96. The number of aryl methyl sites for hydroxylation is 4. The fourth-order valence-corrected chi connectivity index (χ4v) is 5.51. The maximum atomic E-state index is 12.5. The van der Waals surface area contributed by atoms with Crippen LogP contribution in [0.4, 0.5) is 0 Å². The van der Waals surface area contributed by atoms with Crippen LogP contribution in [0.5, 0.6) is 0 Å². The van der Waals surface area contributed by atoms with Crippen molar-refractivity contribution >= 4 is 28.1 Å². The van der Waals surface area contributed by atoms with Crippen LogP contribution in [0, 0.1) is 13.8 Å². The molecule has 3 heterocycles. The summed E-state index contributed by atoms with van der Waals surface area (Å²) in [6.07, 6.45) is 5.41. The highest BCUT2D eigenvalue weighted by molar-refractivity contribution is 7.98. The van der Waals surface area contributed by atoms with Gasteiger partial charge in [-0.3, -0.25) is 9.20 Å². The highest BCUT2D eigenvalue weighted by Gasteiger charge is 2.18. The summed E-state index contributed by atoms with van der Waals surface area (Å²) in [5.74, 6) is 2.63. The minimum absolute atomic E-state index is 0.0747. The normalized spacial score (nSPS) is 14.2. The Morgan fingerprint density at radius 1 is 1.32 bits per heavy atom. The van der Waals surface area contributed by atoms with Gasteiger partial charge in [-0.25, -0.2) is 4.98 Å². The number of rotatable bonds is 5. The third-order valence-corrected chi connectivity index (χ3v) is 6.88. The van der Waals surface area contributed by atoms with Gasteiger partial charge in [0.1, 0.15) is 5.76 Å². The molecule has 25 heavy (non-hydrogen) atoms. The Labute approximate surface area is 154 Å². The van der Waals surface area contributed by atoms with Crippen molar-refractivity contribution in [1.29, 1.82) is 0 Å². The molecule has 132 valence electrons. The molecule has 1 aliphatic carbocycles. The Bertz CT molecular complexity index is 951. The van der Waals surface area contributed by atoms with Gasteiger partial charge in [0.2, 0.25) is 0 Å². The molecule has 3 aromatic heterocycles. The first-order valence-electron chi connectivity index (χ1n) is 8.66. The molecule has 0 aromatic carbocycles. The van der Waals surface area contributed by atoms with Gasteiger partial charge in [-0.2, -0.15) is 11.8 Å². The quantitative estimate of drug-likeness (QED) is 0.636. The van der Waals surface area contributed by atoms with Gasteiger partial charge in [0.05, 0.1) is 11.4 Å². The van der Waals surface area contributed by atoms with Gasteiger partial charge >= 0.3 is 0 Å². The summed E-state index contributed by atoms with van der Waals surface area (Å²) in [5, 5.41) is 3.99. The topological polar surface area (TPSA) is 60.4 Å². The molecule has 3 aromatic rings. The van der Waals surface area contributed by atoms with E-state index >= 15 is 0 Å². The predicted molar refractivity (Wildman–Crippen MR) is 102 cm³/mol. The van der Waals surface area contributed by atoms with Crippen LogP contribution in [0.25, 0.3) is 4.96 Å². The van der Waals surface area contributed by atoms with Crippen LogP contribution in [-0.2, 0) is 25.0 Å². The van der Waals surface area contributed by atoms with Crippen molar-refractivity contribution in [1.82, 2.24) is 14.5 Å². The molecular weight excluding hydrogens is 354 g/mol. The van der Waals surface area contributed by atoms with E-state index in [9.17, 15) is 4.79 Å². The molecular formula is C18H21N3O2S2. The largest absolute Gasteiger partial charge is 0.361 e. The van der Waals surface area contributed by atoms with Crippen LogP contribution in [-0.4, -0.2) is 20.3 Å². The van der Waals surface area contributed by atoms with Crippen LogP contribution >= 0.6 is 23.1 Å². The molecule has 0 bridgehead atoms. The van der Waals surface area contributed by atoms with Crippen LogP contribution in [0.15, 0.2) is 15.4 Å². The van der Waals surface area contributed by atoms with Crippen molar-refractivity contribution in [3.8, 4) is 0 Å². The summed E-state index contributed by atoms with van der Waals surface area (Å²) in [6.45, 7) is 3.93. The molecule has 0 aliphatic heterocycles. The number of hydrogen-bond donors (Lipinski definition) is 0. The molecule has 4 rings (SSSR count). The van der Waals surface area contributed by atoms with E-state index < -0.39 is 0 Å². The van der Waals surface area contributed by atoms with E-state index in [0.29, 0.717) is 0 Å². The molecule has 0 amide bonds. The summed E-state index contributed by atoms with van der Waals surface area (Å²) in [5.41, 5.74) is 4.32. The molecule has 0 radical (unpaired) electrons. The van der Waals surface area contributed by atoms with Crippen molar-refractivity contribution in [2.75, 3.05) is 5.75 Å². The minimum Gasteiger partial charge on any atom is -0.361 e. The van der Waals surface area contributed by atoms with Gasteiger partial charge in [-0.15, -0.1) is 11.3 Å². The van der Waals surface area contributed by atoms with Crippen molar-refractivity contribution in [2.45, 2.75) is 51.7 Å². The number of thiazole rings is 1. The van der Waals surface area contributed by atoms with Crippen LogP contribution in [0.3, 0.4) is 0 Å². The summed E-state index contributed by atoms with van der Waals surface area (Å²) < 4.78 is 7.03. The van der Waals surface area contributed by atoms with Crippen molar-refractivity contribution in [3.63, 3.8) is 0 Å². The van der Waals surface area contributed by atoms with Crippen LogP contribution in [0.2, 0.25) is 0 Å². The average Bonchev–Trinajstić information content (AvgIpc) is 3.12. The molecule has 0 N–H and O–H groups in total. The van der Waals surface area contributed by atoms with Crippen LogP contribution in [0.1, 0.15) is 46.1 Å². The fraction of sp³-hybridized carbons (Fsp3) is 0.500. The van der Waals surface area contributed by atoms with Gasteiger partial charge in [0, 0.05) is 28.0 Å². The minimum atomic E-state index is 0.0747. The van der Waals surface area contributed by atoms with E-state index in [1.807, 2.05) is 18.2 Å². The monoisotopic (exact) mass is 375 g/mol. The lowest BCUT2D eigenvalue weighted by Gasteiger charge is -2.10. The van der Waals surface area contributed by atoms with Gasteiger partial charge in [-0.1, -0.05) is 5.16 Å². The number of fused-ring (bicyclic) bond motifs is 3. The van der Waals surface area contributed by atoms with Gasteiger partial charge in [0.15, 0.2) is 4.96 Å². The zero-order valence-electron chi connectivity index (χ0n) is 14.5. The number of aromatic nitrogens is 3. The molecule has 0 saturated carbocycles. The van der Waals surface area contributed by atoms with Crippen molar-refractivity contribution in [3.05, 3.63) is 49.7 Å². The Hall–Kier alpha value is -1.60. The lowest BCUT2D eigenvalue weighted by Crippen LogP contribution is -2.17. The first-order chi connectivity index (χ1) is 12.1. The van der Waals surface area contributed by atoms with Gasteiger partial charge in [0.25, 0.3) is 5.56 Å². The van der Waals surface area contributed by atoms with E-state index in [1.54, 1.807) is 29.2 Å². The highest BCUT2D eigenvalue weighted by Crippen LogP contribution is 2.28. The Morgan fingerprint density at radius 2 is 2.16 bits per heavy atom. The summed E-state index contributed by atoms with van der Waals surface area (Å²) in [4.78, 5) is 19.5. The Kier molecular flexibility index (Phi) is 4.69. The second-order valence-electron chi connectivity index (χ2n) is 6.49. The first-order valence-corrected chi connectivity index (χ1v) is 10.6. The van der Waals surface area contributed by atoms with Gasteiger partial charge in [-0.05, 0) is 51.7 Å². The van der Waals surface area contributed by atoms with E-state index in [2.05, 4.69) is 5.16 Å². The average molecular weight is 376 g/mol. The van der Waals surface area contributed by atoms with Crippen molar-refractivity contribution in [2.24, 2.45) is 0 Å². The standard InChI is InChI=1S/C18H21N3O2S2/c1-11-14(12(2)23-20-11)7-8-24-10-13-9-17(22)21-15-5-3-4-6-16(15)25-18(21)19-13/h9H,3-8,10H2,1-2H3. The first kappa shape index (κ1) is 16.8. The molecule has 0 unspecified atom stereocenters. The van der Waals surface area contributed by atoms with E-state index in [1.165, 1.54) is 29.0 Å². The zero-order chi connectivity index (χ0) is 17.4. The molecule has 0 atom stereocenters. The maximum absolute atomic E-state index is 12.5. The van der Waals surface area contributed by atoms with E-state index in [-0.39, 0.29) is 5.56 Å². The molecule has 0 spiro atoms. The number of nitrogens with zero attached hydrogens (tertiary/aromatic N) is 3. The summed E-state index contributed by atoms with van der Waals surface area (Å²) >= 11 is 3.49. The summed E-state index contributed by atoms with van der Waals surface area (Å²) in [7, 11) is 0. The maximum Gasteiger partial charge on any atom is 0.259 e. The van der Waals surface area contributed by atoms with E-state index in [0.717, 1.165) is 52.9 Å². The molecule has 7 heteroatoms. The van der Waals surface area contributed by atoms with Crippen LogP contribution < -0.4 is 5.56 Å². The zero-order valence-corrected chi connectivity index (χ0v) is 16.1. The lowest BCUT2D eigenvalue weighted by atomic mass is 10.0. The molecule has 0 fully saturated rings. The SMILES string of the molecule is Cc1noc(C)c1CCSCc1cc(=O)n2c3c(sc2n1)CCCC3. The van der Waals surface area contributed by atoms with Crippen molar-refractivity contribution < 1.29 is 4.52 Å². The Morgan fingerprint density at radius 3 is 2.96 bits per heavy atom. The highest BCUT2D eigenvalue weighted by atomic mass is 32.2. The third kappa shape index (κ3) is 3.27. The smallest absolute Gasteiger partial charge is 0.259 e. The molecule has 1 aliphatic rings. The predicted octanol–water partition coefficient (Wildman–Crippen LogP) is 3.72. The third-order valence-electron chi connectivity index (χ3n) is 4.74. The number of thioether (sulfide) groups is 1. The number of hydrogen-bond acceptors (Lipinski definition) is 6. The Balaban J connectivity index is 1.46. The summed E-state index contributed by atoms with van der Waals surface area (Å²) in [6, 6.07) is 1.71. The van der Waals surface area contributed by atoms with E-state index in [4.69, 9.17) is 9.51 Å². The van der Waals surface area contributed by atoms with Gasteiger partial charge < -0.3 is 4.52 Å².